The maximum absolute atomic E-state index is 13.0. The second kappa shape index (κ2) is 7.88. The van der Waals surface area contributed by atoms with Crippen molar-refractivity contribution in [3.63, 3.8) is 0 Å². The molecule has 0 aromatic carbocycles. The van der Waals surface area contributed by atoms with E-state index in [-0.39, 0.29) is 5.91 Å². The van der Waals surface area contributed by atoms with Crippen LogP contribution in [0.1, 0.15) is 36.8 Å². The van der Waals surface area contributed by atoms with Gasteiger partial charge in [-0.05, 0) is 39.8 Å². The molecule has 10 heteroatoms. The molecule has 0 atom stereocenters. The lowest BCUT2D eigenvalue weighted by atomic mass is 10.2. The standard InChI is InChI=1S/C21H22N6O3S/c1-12-16(7-14(9-23-12)25-20(29)30-21(2,3)4)26-18(28)15-10-24-27-11-17(31-19(15)27)13-5-6-22-8-13/h5-11,22H,1-4H3,(H,25,29)(H,26,28). The molecule has 0 fully saturated rings. The summed E-state index contributed by atoms with van der Waals surface area (Å²) in [6.45, 7) is 7.12. The van der Waals surface area contributed by atoms with Crippen molar-refractivity contribution in [3.05, 3.63) is 54.4 Å². The number of pyridine rings is 1. The third-order valence-corrected chi connectivity index (χ3v) is 5.46. The predicted molar refractivity (Wildman–Crippen MR) is 120 cm³/mol. The Morgan fingerprint density at radius 3 is 2.74 bits per heavy atom. The molecule has 2 amide bonds. The Kier molecular flexibility index (Phi) is 5.24. The molecule has 4 rings (SSSR count). The number of aryl methyl sites for hydroxylation is 1. The molecule has 4 aromatic heterocycles. The van der Waals surface area contributed by atoms with Gasteiger partial charge in [-0.1, -0.05) is 0 Å². The molecule has 9 nitrogen and oxygen atoms in total. The molecule has 0 aliphatic rings. The fraction of sp³-hybridized carbons (Fsp3) is 0.238. The molecule has 0 spiro atoms. The number of ether oxygens (including phenoxy) is 1. The molecule has 4 aromatic rings. The number of anilines is 2. The Labute approximate surface area is 182 Å². The zero-order chi connectivity index (χ0) is 22.2. The topological polar surface area (TPSA) is 113 Å². The van der Waals surface area contributed by atoms with Gasteiger partial charge in [-0.3, -0.25) is 15.1 Å². The van der Waals surface area contributed by atoms with E-state index in [1.807, 2.05) is 24.7 Å². The highest BCUT2D eigenvalue weighted by Gasteiger charge is 2.19. The van der Waals surface area contributed by atoms with E-state index in [2.05, 4.69) is 25.7 Å². The first kappa shape index (κ1) is 20.6. The van der Waals surface area contributed by atoms with Crippen LogP contribution in [-0.2, 0) is 4.74 Å². The van der Waals surface area contributed by atoms with Crippen LogP contribution in [0.2, 0.25) is 0 Å². The first-order valence-electron chi connectivity index (χ1n) is 9.58. The van der Waals surface area contributed by atoms with Gasteiger partial charge in [0, 0.05) is 24.2 Å². The van der Waals surface area contributed by atoms with Crippen LogP contribution in [0, 0.1) is 6.92 Å². The third-order valence-electron chi connectivity index (χ3n) is 4.30. The summed E-state index contributed by atoms with van der Waals surface area (Å²) in [5, 5.41) is 9.79. The lowest BCUT2D eigenvalue weighted by Gasteiger charge is -2.19. The average Bonchev–Trinajstić information content (AvgIpc) is 3.38. The molecular weight excluding hydrogens is 416 g/mol. The Hall–Kier alpha value is -3.66. The molecule has 0 radical (unpaired) electrons. The third kappa shape index (κ3) is 4.58. The Morgan fingerprint density at radius 2 is 2.03 bits per heavy atom. The summed E-state index contributed by atoms with van der Waals surface area (Å²) in [6, 6.07) is 3.60. The van der Waals surface area contributed by atoms with E-state index in [4.69, 9.17) is 4.74 Å². The number of nitrogens with zero attached hydrogens (tertiary/aromatic N) is 3. The normalized spacial score (nSPS) is 11.5. The van der Waals surface area contributed by atoms with Gasteiger partial charge in [-0.25, -0.2) is 9.31 Å². The second-order valence-corrected chi connectivity index (χ2v) is 8.97. The number of aromatic amines is 1. The van der Waals surface area contributed by atoms with E-state index in [0.29, 0.717) is 22.6 Å². The van der Waals surface area contributed by atoms with E-state index in [0.717, 1.165) is 15.3 Å². The number of hydrogen-bond acceptors (Lipinski definition) is 6. The summed E-state index contributed by atoms with van der Waals surface area (Å²) in [6.07, 6.45) is 8.08. The van der Waals surface area contributed by atoms with Gasteiger partial charge in [0.15, 0.2) is 0 Å². The molecule has 4 heterocycles. The van der Waals surface area contributed by atoms with Crippen molar-refractivity contribution in [2.75, 3.05) is 10.6 Å². The molecule has 31 heavy (non-hydrogen) atoms. The number of fused-ring (bicyclic) bond motifs is 1. The van der Waals surface area contributed by atoms with Crippen LogP contribution in [0.3, 0.4) is 0 Å². The first-order chi connectivity index (χ1) is 14.7. The number of carbonyl (C=O) groups excluding carboxylic acids is 2. The summed E-state index contributed by atoms with van der Waals surface area (Å²) in [4.78, 5) is 34.0. The quantitative estimate of drug-likeness (QED) is 0.428. The van der Waals surface area contributed by atoms with Gasteiger partial charge in [-0.2, -0.15) is 5.10 Å². The van der Waals surface area contributed by atoms with E-state index >= 15 is 0 Å². The van der Waals surface area contributed by atoms with Crippen molar-refractivity contribution in [1.29, 1.82) is 0 Å². The minimum atomic E-state index is -0.618. The summed E-state index contributed by atoms with van der Waals surface area (Å²) < 4.78 is 6.94. The number of carbonyl (C=O) groups is 2. The van der Waals surface area contributed by atoms with Crippen LogP contribution < -0.4 is 10.6 Å². The van der Waals surface area contributed by atoms with Crippen LogP contribution >= 0.6 is 11.3 Å². The van der Waals surface area contributed by atoms with E-state index in [9.17, 15) is 9.59 Å². The average molecular weight is 439 g/mol. The number of amides is 2. The van der Waals surface area contributed by atoms with Gasteiger partial charge in [0.1, 0.15) is 10.4 Å². The van der Waals surface area contributed by atoms with Crippen LogP contribution in [0.15, 0.2) is 43.1 Å². The zero-order valence-corrected chi connectivity index (χ0v) is 18.3. The van der Waals surface area contributed by atoms with Crippen molar-refractivity contribution in [2.24, 2.45) is 0 Å². The van der Waals surface area contributed by atoms with Gasteiger partial charge >= 0.3 is 6.09 Å². The highest BCUT2D eigenvalue weighted by atomic mass is 32.1. The lowest BCUT2D eigenvalue weighted by Crippen LogP contribution is -2.27. The van der Waals surface area contributed by atoms with E-state index in [1.54, 1.807) is 38.3 Å². The van der Waals surface area contributed by atoms with Crippen LogP contribution in [0.25, 0.3) is 15.3 Å². The highest BCUT2D eigenvalue weighted by Crippen LogP contribution is 2.30. The minimum absolute atomic E-state index is 0.309. The minimum Gasteiger partial charge on any atom is -0.444 e. The number of nitrogens with one attached hydrogen (secondary N) is 3. The highest BCUT2D eigenvalue weighted by molar-refractivity contribution is 7.21. The van der Waals surface area contributed by atoms with Gasteiger partial charge in [0.25, 0.3) is 5.91 Å². The maximum atomic E-state index is 13.0. The summed E-state index contributed by atoms with van der Waals surface area (Å²) in [5.74, 6) is -0.309. The van der Waals surface area contributed by atoms with Crippen molar-refractivity contribution >= 4 is 39.5 Å². The van der Waals surface area contributed by atoms with E-state index in [1.165, 1.54) is 23.7 Å². The van der Waals surface area contributed by atoms with E-state index < -0.39 is 11.7 Å². The molecule has 0 aliphatic heterocycles. The summed E-state index contributed by atoms with van der Waals surface area (Å²) in [7, 11) is 0. The molecule has 160 valence electrons. The van der Waals surface area contributed by atoms with Gasteiger partial charge < -0.3 is 15.0 Å². The summed E-state index contributed by atoms with van der Waals surface area (Å²) >= 11 is 1.48. The first-order valence-corrected chi connectivity index (χ1v) is 10.4. The van der Waals surface area contributed by atoms with Crippen molar-refractivity contribution in [2.45, 2.75) is 33.3 Å². The summed E-state index contributed by atoms with van der Waals surface area (Å²) in [5.41, 5.74) is 2.39. The number of thiazole rings is 1. The molecule has 0 aliphatic carbocycles. The van der Waals surface area contributed by atoms with Gasteiger partial charge in [0.2, 0.25) is 0 Å². The number of hydrogen-bond donors (Lipinski definition) is 3. The SMILES string of the molecule is Cc1ncc(NC(=O)OC(C)(C)C)cc1NC(=O)c1cnn2cc(-c3cc[nH]c3)sc12. The number of rotatable bonds is 4. The van der Waals surface area contributed by atoms with Crippen LogP contribution in [0.5, 0.6) is 0 Å². The van der Waals surface area contributed by atoms with Crippen molar-refractivity contribution in [1.82, 2.24) is 19.6 Å². The Bertz CT molecular complexity index is 1250. The molecule has 0 saturated carbocycles. The maximum Gasteiger partial charge on any atom is 0.412 e. The smallest absolute Gasteiger partial charge is 0.412 e. The van der Waals surface area contributed by atoms with Gasteiger partial charge in [-0.15, -0.1) is 11.3 Å². The Morgan fingerprint density at radius 1 is 1.23 bits per heavy atom. The molecular formula is C21H22N6O3S. The number of aromatic nitrogens is 4. The zero-order valence-electron chi connectivity index (χ0n) is 17.5. The molecule has 0 unspecified atom stereocenters. The second-order valence-electron chi connectivity index (χ2n) is 7.94. The molecule has 0 bridgehead atoms. The van der Waals surface area contributed by atoms with Crippen LogP contribution in [0.4, 0.5) is 16.2 Å². The van der Waals surface area contributed by atoms with Crippen molar-refractivity contribution in [3.8, 4) is 10.4 Å². The Balaban J connectivity index is 1.54. The van der Waals surface area contributed by atoms with Gasteiger partial charge in [0.05, 0.1) is 39.9 Å². The lowest BCUT2D eigenvalue weighted by molar-refractivity contribution is 0.0635. The predicted octanol–water partition coefficient (Wildman–Crippen LogP) is 4.69. The fourth-order valence-corrected chi connectivity index (χ4v) is 3.95. The number of H-pyrrole nitrogens is 1. The molecule has 0 saturated heterocycles. The fourth-order valence-electron chi connectivity index (χ4n) is 2.89. The van der Waals surface area contributed by atoms with Crippen molar-refractivity contribution < 1.29 is 14.3 Å². The largest absolute Gasteiger partial charge is 0.444 e. The van der Waals surface area contributed by atoms with Crippen LogP contribution in [-0.4, -0.2) is 37.2 Å². The molecule has 3 N–H and O–H groups in total. The monoisotopic (exact) mass is 438 g/mol.